The van der Waals surface area contributed by atoms with Crippen molar-refractivity contribution in [1.29, 1.82) is 0 Å². The number of hydrogen-bond donors (Lipinski definition) is 0. The van der Waals surface area contributed by atoms with E-state index in [4.69, 9.17) is 0 Å². The fourth-order valence-electron chi connectivity index (χ4n) is 1.69. The Morgan fingerprint density at radius 2 is 2.00 bits per heavy atom. The number of methoxy groups -OCH3 is 1. The van der Waals surface area contributed by atoms with Crippen molar-refractivity contribution in [1.82, 2.24) is 0 Å². The minimum absolute atomic E-state index is 0.245. The van der Waals surface area contributed by atoms with Crippen molar-refractivity contribution in [3.05, 3.63) is 34.7 Å². The van der Waals surface area contributed by atoms with Gasteiger partial charge < -0.3 is 4.74 Å². The van der Waals surface area contributed by atoms with Crippen LogP contribution in [-0.4, -0.2) is 13.1 Å². The van der Waals surface area contributed by atoms with Crippen molar-refractivity contribution in [3.8, 4) is 0 Å². The van der Waals surface area contributed by atoms with Gasteiger partial charge in [-0.3, -0.25) is 0 Å². The summed E-state index contributed by atoms with van der Waals surface area (Å²) in [6, 6.07) is 7.07. The van der Waals surface area contributed by atoms with Gasteiger partial charge in [-0.25, -0.2) is 4.79 Å². The number of ether oxygens (including phenoxy) is 1. The Morgan fingerprint density at radius 1 is 1.35 bits per heavy atom. The SMILES string of the molecule is COC(=O)C(F)(F)c1sc2ccccc2c1C. The first-order valence-corrected chi connectivity index (χ1v) is 5.75. The molecule has 0 fully saturated rings. The summed E-state index contributed by atoms with van der Waals surface area (Å²) in [6.07, 6.45) is 0. The maximum absolute atomic E-state index is 13.8. The summed E-state index contributed by atoms with van der Waals surface area (Å²) >= 11 is 0.924. The summed E-state index contributed by atoms with van der Waals surface area (Å²) < 4.78 is 32.4. The fourth-order valence-corrected chi connectivity index (χ4v) is 2.87. The molecule has 0 spiro atoms. The number of aryl methyl sites for hydroxylation is 1. The van der Waals surface area contributed by atoms with E-state index in [2.05, 4.69) is 4.74 Å². The maximum Gasteiger partial charge on any atom is 0.382 e. The molecule has 2 rings (SSSR count). The summed E-state index contributed by atoms with van der Waals surface area (Å²) in [5.74, 6) is -5.10. The highest BCUT2D eigenvalue weighted by atomic mass is 32.1. The van der Waals surface area contributed by atoms with Crippen molar-refractivity contribution in [2.75, 3.05) is 7.11 Å². The average Bonchev–Trinajstić information content (AvgIpc) is 2.67. The minimum Gasteiger partial charge on any atom is -0.464 e. The molecule has 0 saturated carbocycles. The number of fused-ring (bicyclic) bond motifs is 1. The highest BCUT2D eigenvalue weighted by Gasteiger charge is 2.45. The second-order valence-electron chi connectivity index (χ2n) is 3.62. The highest BCUT2D eigenvalue weighted by molar-refractivity contribution is 7.19. The van der Waals surface area contributed by atoms with Gasteiger partial charge in [0.1, 0.15) is 0 Å². The van der Waals surface area contributed by atoms with Crippen molar-refractivity contribution >= 4 is 27.4 Å². The van der Waals surface area contributed by atoms with Crippen LogP contribution in [0.4, 0.5) is 8.78 Å². The number of carbonyl (C=O) groups excluding carboxylic acids is 1. The van der Waals surface area contributed by atoms with Gasteiger partial charge in [-0.05, 0) is 23.9 Å². The van der Waals surface area contributed by atoms with Crippen molar-refractivity contribution in [3.63, 3.8) is 0 Å². The van der Waals surface area contributed by atoms with E-state index >= 15 is 0 Å². The molecule has 0 amide bonds. The normalized spacial score (nSPS) is 11.8. The van der Waals surface area contributed by atoms with Crippen LogP contribution in [0.3, 0.4) is 0 Å². The molecule has 0 aliphatic carbocycles. The van der Waals surface area contributed by atoms with E-state index in [0.29, 0.717) is 5.56 Å². The van der Waals surface area contributed by atoms with E-state index in [9.17, 15) is 13.6 Å². The standard InChI is InChI=1S/C12H10F2O2S/c1-7-8-5-3-4-6-9(8)17-10(7)12(13,14)11(15)16-2/h3-6H,1-2H3. The number of thiophene rings is 1. The molecule has 1 heterocycles. The molecule has 0 saturated heterocycles. The fraction of sp³-hybridized carbons (Fsp3) is 0.250. The topological polar surface area (TPSA) is 26.3 Å². The number of rotatable bonds is 2. The number of carbonyl (C=O) groups is 1. The number of alkyl halides is 2. The molecule has 17 heavy (non-hydrogen) atoms. The number of esters is 1. The van der Waals surface area contributed by atoms with E-state index < -0.39 is 11.9 Å². The second-order valence-corrected chi connectivity index (χ2v) is 4.67. The Hall–Kier alpha value is -1.49. The van der Waals surface area contributed by atoms with Gasteiger partial charge in [-0.2, -0.15) is 8.78 Å². The molecule has 5 heteroatoms. The lowest BCUT2D eigenvalue weighted by molar-refractivity contribution is -0.169. The van der Waals surface area contributed by atoms with E-state index in [1.54, 1.807) is 31.2 Å². The maximum atomic E-state index is 13.8. The van der Waals surface area contributed by atoms with Crippen LogP contribution in [0.15, 0.2) is 24.3 Å². The van der Waals surface area contributed by atoms with E-state index in [1.165, 1.54) is 0 Å². The predicted molar refractivity (Wildman–Crippen MR) is 62.5 cm³/mol. The Morgan fingerprint density at radius 3 is 2.59 bits per heavy atom. The molecule has 0 aliphatic rings. The largest absolute Gasteiger partial charge is 0.464 e. The van der Waals surface area contributed by atoms with Gasteiger partial charge in [0.2, 0.25) is 0 Å². The Labute approximate surface area is 101 Å². The average molecular weight is 256 g/mol. The monoisotopic (exact) mass is 256 g/mol. The van der Waals surface area contributed by atoms with Crippen LogP contribution in [0.1, 0.15) is 10.4 Å². The molecule has 2 aromatic rings. The van der Waals surface area contributed by atoms with Gasteiger partial charge in [-0.1, -0.05) is 18.2 Å². The third-order valence-corrected chi connectivity index (χ3v) is 3.91. The van der Waals surface area contributed by atoms with Crippen molar-refractivity contribution in [2.45, 2.75) is 12.8 Å². The third-order valence-electron chi connectivity index (χ3n) is 2.57. The van der Waals surface area contributed by atoms with E-state index in [-0.39, 0.29) is 4.88 Å². The molecule has 0 bridgehead atoms. The third kappa shape index (κ3) is 1.80. The zero-order valence-corrected chi connectivity index (χ0v) is 10.1. The van der Waals surface area contributed by atoms with E-state index in [0.717, 1.165) is 28.5 Å². The van der Waals surface area contributed by atoms with Gasteiger partial charge in [0.25, 0.3) is 0 Å². The summed E-state index contributed by atoms with van der Waals surface area (Å²) in [6.45, 7) is 1.59. The van der Waals surface area contributed by atoms with Gasteiger partial charge in [0, 0.05) is 4.70 Å². The smallest absolute Gasteiger partial charge is 0.382 e. The van der Waals surface area contributed by atoms with Crippen LogP contribution in [0.2, 0.25) is 0 Å². The number of benzene rings is 1. The van der Waals surface area contributed by atoms with Gasteiger partial charge in [-0.15, -0.1) is 11.3 Å². The lowest BCUT2D eigenvalue weighted by Crippen LogP contribution is -2.26. The van der Waals surface area contributed by atoms with Crippen LogP contribution in [0.5, 0.6) is 0 Å². The number of halogens is 2. The molecule has 0 radical (unpaired) electrons. The molecule has 90 valence electrons. The summed E-state index contributed by atoms with van der Waals surface area (Å²) in [5.41, 5.74) is 0.431. The molecular formula is C12H10F2O2S. The van der Waals surface area contributed by atoms with Crippen molar-refractivity contribution in [2.24, 2.45) is 0 Å². The number of hydrogen-bond acceptors (Lipinski definition) is 3. The second kappa shape index (κ2) is 4.07. The molecule has 1 aromatic carbocycles. The summed E-state index contributed by atoms with van der Waals surface area (Å²) in [7, 11) is 0.957. The minimum atomic E-state index is -3.58. The molecular weight excluding hydrogens is 246 g/mol. The van der Waals surface area contributed by atoms with Crippen LogP contribution in [-0.2, 0) is 15.5 Å². The van der Waals surface area contributed by atoms with Crippen LogP contribution in [0, 0.1) is 6.92 Å². The predicted octanol–water partition coefficient (Wildman–Crippen LogP) is 3.47. The van der Waals surface area contributed by atoms with Gasteiger partial charge >= 0.3 is 11.9 Å². The van der Waals surface area contributed by atoms with Crippen LogP contribution in [0.25, 0.3) is 10.1 Å². The van der Waals surface area contributed by atoms with E-state index in [1.807, 2.05) is 0 Å². The summed E-state index contributed by atoms with van der Waals surface area (Å²) in [5, 5.41) is 0.746. The summed E-state index contributed by atoms with van der Waals surface area (Å²) in [4.78, 5) is 10.9. The van der Waals surface area contributed by atoms with Crippen LogP contribution < -0.4 is 0 Å². The van der Waals surface area contributed by atoms with Crippen molar-refractivity contribution < 1.29 is 18.3 Å². The van der Waals surface area contributed by atoms with Gasteiger partial charge in [0.15, 0.2) is 0 Å². The zero-order chi connectivity index (χ0) is 12.6. The quantitative estimate of drug-likeness (QED) is 0.769. The lowest BCUT2D eigenvalue weighted by atomic mass is 10.1. The van der Waals surface area contributed by atoms with Gasteiger partial charge in [0.05, 0.1) is 12.0 Å². The zero-order valence-electron chi connectivity index (χ0n) is 9.29. The highest BCUT2D eigenvalue weighted by Crippen LogP contribution is 2.41. The first kappa shape index (κ1) is 12.0. The molecule has 2 nitrogen and oxygen atoms in total. The lowest BCUT2D eigenvalue weighted by Gasteiger charge is -2.12. The molecule has 0 N–H and O–H groups in total. The van der Waals surface area contributed by atoms with Crippen LogP contribution >= 0.6 is 11.3 Å². The Balaban J connectivity index is 2.63. The first-order valence-electron chi connectivity index (χ1n) is 4.93. The molecule has 0 aliphatic heterocycles. The Kier molecular flexibility index (Phi) is 2.87. The molecule has 0 atom stereocenters. The molecule has 0 unspecified atom stereocenters. The first-order chi connectivity index (χ1) is 7.98. The molecule has 1 aromatic heterocycles. The Bertz CT molecular complexity index is 575.